The number of aliphatic carboxylic acids is 1. The number of carboxylic acid groups (broad SMARTS) is 1. The average Bonchev–Trinajstić information content (AvgIpc) is 3.59. The van der Waals surface area contributed by atoms with Crippen LogP contribution in [0.5, 0.6) is 5.75 Å². The van der Waals surface area contributed by atoms with Crippen LogP contribution in [0, 0.1) is 0 Å². The number of carboxylic acids is 1. The Labute approximate surface area is 247 Å². The van der Waals surface area contributed by atoms with E-state index in [4.69, 9.17) is 19.4 Å². The molecule has 226 valence electrons. The summed E-state index contributed by atoms with van der Waals surface area (Å²) in [6, 6.07) is 10.9. The van der Waals surface area contributed by atoms with Gasteiger partial charge in [0.1, 0.15) is 23.7 Å². The zero-order valence-electron chi connectivity index (χ0n) is 22.7. The highest BCUT2D eigenvalue weighted by atomic mass is 32.1. The normalized spacial score (nSPS) is 16.0. The van der Waals surface area contributed by atoms with E-state index < -0.39 is 24.8 Å². The minimum atomic E-state index is -4.84. The summed E-state index contributed by atoms with van der Waals surface area (Å²) in [6.07, 6.45) is -1.63. The zero-order chi connectivity index (χ0) is 30.1. The lowest BCUT2D eigenvalue weighted by molar-refractivity contribution is -0.274. The molecular weight excluding hydrogens is 589 g/mol. The third-order valence-corrected chi connectivity index (χ3v) is 8.43. The van der Waals surface area contributed by atoms with E-state index in [1.807, 2.05) is 0 Å². The van der Waals surface area contributed by atoms with Crippen molar-refractivity contribution in [2.24, 2.45) is 0 Å². The Morgan fingerprint density at radius 2 is 1.88 bits per heavy atom. The van der Waals surface area contributed by atoms with Crippen LogP contribution in [0.4, 0.5) is 18.3 Å². The monoisotopic (exact) mass is 616 g/mol. The van der Waals surface area contributed by atoms with Gasteiger partial charge in [-0.3, -0.25) is 9.59 Å². The third-order valence-electron chi connectivity index (χ3n) is 7.35. The third kappa shape index (κ3) is 6.75. The van der Waals surface area contributed by atoms with Crippen molar-refractivity contribution in [3.63, 3.8) is 0 Å². The highest BCUT2D eigenvalue weighted by molar-refractivity contribution is 7.22. The molecule has 1 saturated heterocycles. The van der Waals surface area contributed by atoms with Gasteiger partial charge in [0.2, 0.25) is 0 Å². The first kappa shape index (κ1) is 28.9. The molecule has 1 aliphatic carbocycles. The maximum atomic E-state index is 13.1. The number of thiazole rings is 1. The van der Waals surface area contributed by atoms with Crippen molar-refractivity contribution in [1.82, 2.24) is 15.5 Å². The molecule has 2 fully saturated rings. The van der Waals surface area contributed by atoms with Crippen LogP contribution in [-0.2, 0) is 16.1 Å². The minimum Gasteiger partial charge on any atom is -0.480 e. The number of alkyl halides is 3. The maximum absolute atomic E-state index is 13.1. The van der Waals surface area contributed by atoms with Gasteiger partial charge < -0.3 is 29.3 Å². The number of anilines is 1. The first-order chi connectivity index (χ1) is 20.6. The molecule has 4 aromatic rings. The molecule has 3 heterocycles. The summed E-state index contributed by atoms with van der Waals surface area (Å²) < 4.78 is 56.1. The zero-order valence-corrected chi connectivity index (χ0v) is 23.5. The molecule has 1 amide bonds. The van der Waals surface area contributed by atoms with Crippen LogP contribution in [0.3, 0.4) is 0 Å². The van der Waals surface area contributed by atoms with Gasteiger partial charge >= 0.3 is 12.3 Å². The van der Waals surface area contributed by atoms with E-state index in [9.17, 15) is 22.8 Å². The maximum Gasteiger partial charge on any atom is 0.573 e. The number of nitrogens with zero attached hydrogens (tertiary/aromatic N) is 3. The second-order valence-corrected chi connectivity index (χ2v) is 11.5. The van der Waals surface area contributed by atoms with Gasteiger partial charge in [0.15, 0.2) is 5.13 Å². The van der Waals surface area contributed by atoms with Crippen molar-refractivity contribution in [2.45, 2.75) is 50.7 Å². The number of amides is 1. The van der Waals surface area contributed by atoms with E-state index >= 15 is 0 Å². The molecule has 10 nitrogen and oxygen atoms in total. The number of hydrogen-bond donors (Lipinski definition) is 2. The lowest BCUT2D eigenvalue weighted by atomic mass is 10.0. The van der Waals surface area contributed by atoms with Crippen molar-refractivity contribution in [2.75, 3.05) is 24.5 Å². The van der Waals surface area contributed by atoms with E-state index in [1.165, 1.54) is 29.5 Å². The van der Waals surface area contributed by atoms with Crippen molar-refractivity contribution in [3.05, 3.63) is 59.4 Å². The van der Waals surface area contributed by atoms with Gasteiger partial charge in [-0.15, -0.1) is 13.2 Å². The molecule has 2 aliphatic rings. The van der Waals surface area contributed by atoms with Crippen LogP contribution in [0.1, 0.15) is 53.3 Å². The fraction of sp³-hybridized carbons (Fsp3) is 0.379. The predicted molar refractivity (Wildman–Crippen MR) is 150 cm³/mol. The Balaban J connectivity index is 1.11. The van der Waals surface area contributed by atoms with Crippen LogP contribution in [0.15, 0.2) is 47.0 Å². The minimum absolute atomic E-state index is 0.0772. The molecule has 0 atom stereocenters. The van der Waals surface area contributed by atoms with Gasteiger partial charge in [-0.25, -0.2) is 4.98 Å². The molecule has 0 unspecified atom stereocenters. The van der Waals surface area contributed by atoms with E-state index in [0.29, 0.717) is 48.5 Å². The average molecular weight is 617 g/mol. The lowest BCUT2D eigenvalue weighted by Crippen LogP contribution is -2.36. The molecule has 1 aliphatic heterocycles. The fourth-order valence-electron chi connectivity index (χ4n) is 5.08. The summed E-state index contributed by atoms with van der Waals surface area (Å²) in [7, 11) is 0. The van der Waals surface area contributed by atoms with Gasteiger partial charge in [-0.1, -0.05) is 28.6 Å². The molecule has 43 heavy (non-hydrogen) atoms. The number of piperidine rings is 1. The van der Waals surface area contributed by atoms with E-state index in [-0.39, 0.29) is 29.9 Å². The number of ether oxygens (including phenoxy) is 2. The number of fused-ring (bicyclic) bond motifs is 1. The summed E-state index contributed by atoms with van der Waals surface area (Å²) in [5, 5.41) is 16.1. The van der Waals surface area contributed by atoms with Gasteiger partial charge in [0.05, 0.1) is 22.9 Å². The van der Waals surface area contributed by atoms with Gasteiger partial charge in [0, 0.05) is 35.7 Å². The smallest absolute Gasteiger partial charge is 0.480 e. The summed E-state index contributed by atoms with van der Waals surface area (Å²) in [5.41, 5.74) is 2.25. The number of carbonyl (C=O) groups excluding carboxylic acids is 1. The SMILES string of the molecule is O=C(O)CNC(=O)c1ccc2nc(N3CCC(OCc4c(-c5ccccc5OC(F)(F)F)noc4C4CC4)CC3)sc2c1. The topological polar surface area (TPSA) is 127 Å². The van der Waals surface area contributed by atoms with Crippen molar-refractivity contribution in [3.8, 4) is 17.0 Å². The number of nitrogens with one attached hydrogen (secondary N) is 1. The molecule has 2 N–H and O–H groups in total. The van der Waals surface area contributed by atoms with Crippen LogP contribution < -0.4 is 15.0 Å². The van der Waals surface area contributed by atoms with Crippen LogP contribution in [0.25, 0.3) is 21.5 Å². The first-order valence-electron chi connectivity index (χ1n) is 13.8. The number of benzene rings is 2. The summed E-state index contributed by atoms with van der Waals surface area (Å²) >= 11 is 1.45. The summed E-state index contributed by atoms with van der Waals surface area (Å²) in [5.74, 6) is -1.09. The second kappa shape index (κ2) is 11.8. The Hall–Kier alpha value is -4.17. The highest BCUT2D eigenvalue weighted by Gasteiger charge is 2.36. The summed E-state index contributed by atoms with van der Waals surface area (Å²) in [4.78, 5) is 29.8. The Kier molecular flexibility index (Phi) is 7.97. The first-order valence-corrected chi connectivity index (χ1v) is 14.6. The molecule has 0 radical (unpaired) electrons. The van der Waals surface area contributed by atoms with E-state index in [1.54, 1.807) is 24.3 Å². The number of para-hydroxylation sites is 1. The lowest BCUT2D eigenvalue weighted by Gasteiger charge is -2.31. The van der Waals surface area contributed by atoms with Gasteiger partial charge in [-0.2, -0.15) is 0 Å². The van der Waals surface area contributed by atoms with Crippen LogP contribution in [-0.4, -0.2) is 59.2 Å². The van der Waals surface area contributed by atoms with Gasteiger partial charge in [0.25, 0.3) is 5.91 Å². The number of rotatable bonds is 10. The van der Waals surface area contributed by atoms with E-state index in [0.717, 1.165) is 28.2 Å². The van der Waals surface area contributed by atoms with Crippen molar-refractivity contribution in [1.29, 1.82) is 0 Å². The van der Waals surface area contributed by atoms with Crippen LogP contribution in [0.2, 0.25) is 0 Å². The summed E-state index contributed by atoms with van der Waals surface area (Å²) in [6.45, 7) is 1.07. The van der Waals surface area contributed by atoms with Crippen molar-refractivity contribution < 1.29 is 41.9 Å². The Bertz CT molecular complexity index is 1640. The molecule has 14 heteroatoms. The largest absolute Gasteiger partial charge is 0.573 e. The number of halogens is 3. The second-order valence-electron chi connectivity index (χ2n) is 10.4. The van der Waals surface area contributed by atoms with Crippen LogP contribution >= 0.6 is 11.3 Å². The number of hydrogen-bond acceptors (Lipinski definition) is 9. The molecule has 0 spiro atoms. The van der Waals surface area contributed by atoms with Gasteiger partial charge in [-0.05, 0) is 56.0 Å². The Morgan fingerprint density at radius 3 is 2.60 bits per heavy atom. The molecule has 0 bridgehead atoms. The predicted octanol–water partition coefficient (Wildman–Crippen LogP) is 5.73. The molecule has 2 aromatic carbocycles. The quantitative estimate of drug-likeness (QED) is 0.230. The molecule has 6 rings (SSSR count). The highest BCUT2D eigenvalue weighted by Crippen LogP contribution is 2.46. The standard InChI is InChI=1S/C29H27F3N4O6S/c30-29(31,32)41-22-4-2-1-3-19(22)25-20(26(42-35-25)16-5-6-16)15-40-18-9-11-36(12-10-18)28-34-21-8-7-17(13-23(21)43-28)27(39)33-14-24(37)38/h1-4,7-8,13,16,18H,5-6,9-12,14-15H2,(H,33,39)(H,37,38). The molecule has 1 saturated carbocycles. The van der Waals surface area contributed by atoms with E-state index in [2.05, 4.69) is 20.1 Å². The Morgan fingerprint density at radius 1 is 1.12 bits per heavy atom. The molecular formula is C29H27F3N4O6S. The number of aromatic nitrogens is 2. The molecule has 2 aromatic heterocycles. The number of carbonyl (C=O) groups is 2. The fourth-order valence-corrected chi connectivity index (χ4v) is 6.13. The van der Waals surface area contributed by atoms with Crippen molar-refractivity contribution >= 4 is 38.6 Å².